The summed E-state index contributed by atoms with van der Waals surface area (Å²) >= 11 is 6.61. The van der Waals surface area contributed by atoms with E-state index in [0.717, 1.165) is 3.39 Å². The molecule has 2 aliphatic rings. The van der Waals surface area contributed by atoms with Gasteiger partial charge in [0.2, 0.25) is 0 Å². The molecule has 2 heterocycles. The van der Waals surface area contributed by atoms with Crippen LogP contribution in [0.1, 0.15) is 13.8 Å². The average molecular weight is 358 g/mol. The van der Waals surface area contributed by atoms with E-state index in [1.165, 1.54) is 0 Å². The van der Waals surface area contributed by atoms with Gasteiger partial charge in [-0.1, -0.05) is 0 Å². The average Bonchev–Trinajstić information content (AvgIpc) is 2.54. The summed E-state index contributed by atoms with van der Waals surface area (Å²) in [4.78, 5) is 0. The van der Waals surface area contributed by atoms with Gasteiger partial charge in [-0.25, -0.2) is 0 Å². The number of hydrogen-bond donors (Lipinski definition) is 0. The largest absolute Gasteiger partial charge is 0.375 e. The van der Waals surface area contributed by atoms with Crippen molar-refractivity contribution in [3.8, 4) is 0 Å². The summed E-state index contributed by atoms with van der Waals surface area (Å²) < 4.78 is 23.4. The fourth-order valence-electron chi connectivity index (χ4n) is 2.03. The number of methoxy groups -OCH3 is 1. The molecular formula is C10H14Br2O4. The van der Waals surface area contributed by atoms with Gasteiger partial charge in [0.05, 0.1) is 3.39 Å². The molecule has 0 spiro atoms. The number of hydrogen-bond acceptors (Lipinski definition) is 4. The lowest BCUT2D eigenvalue weighted by molar-refractivity contribution is -0.210. The smallest absolute Gasteiger partial charge is 0.190 e. The Labute approximate surface area is 112 Å². The fraction of sp³-hybridized carbons (Fsp3) is 0.800. The van der Waals surface area contributed by atoms with E-state index in [4.69, 9.17) is 18.9 Å². The van der Waals surface area contributed by atoms with Crippen LogP contribution in [-0.2, 0) is 18.9 Å². The van der Waals surface area contributed by atoms with Crippen molar-refractivity contribution in [3.63, 3.8) is 0 Å². The third-order valence-electron chi connectivity index (χ3n) is 2.59. The Morgan fingerprint density at radius 1 is 1.31 bits per heavy atom. The molecule has 2 fully saturated rings. The highest BCUT2D eigenvalue weighted by Crippen LogP contribution is 2.39. The van der Waals surface area contributed by atoms with Gasteiger partial charge in [0.15, 0.2) is 12.1 Å². The summed E-state index contributed by atoms with van der Waals surface area (Å²) in [6.45, 7) is 3.74. The van der Waals surface area contributed by atoms with Crippen molar-refractivity contribution < 1.29 is 18.9 Å². The highest BCUT2D eigenvalue weighted by Gasteiger charge is 2.54. The predicted molar refractivity (Wildman–Crippen MR) is 65.4 cm³/mol. The number of fused-ring (bicyclic) bond motifs is 1. The van der Waals surface area contributed by atoms with Gasteiger partial charge in [-0.15, -0.1) is 0 Å². The first-order valence-corrected chi connectivity index (χ1v) is 6.58. The number of ether oxygens (including phenoxy) is 4. The van der Waals surface area contributed by atoms with Gasteiger partial charge in [0, 0.05) is 7.11 Å². The highest BCUT2D eigenvalue weighted by atomic mass is 79.9. The standard InChI is InChI=1S/C10H14Br2O4/c1-10(2)15-8-7(13-3)5(4-6(11)12)14-9(8)16-10/h4-5,7-9H,1-3H3/t5-,7-,8-,9-/m1/s1. The summed E-state index contributed by atoms with van der Waals surface area (Å²) in [5.41, 5.74) is 0. The van der Waals surface area contributed by atoms with Crippen molar-refractivity contribution in [1.29, 1.82) is 0 Å². The van der Waals surface area contributed by atoms with Crippen LogP contribution in [0, 0.1) is 0 Å². The molecule has 0 amide bonds. The summed E-state index contributed by atoms with van der Waals surface area (Å²) in [5, 5.41) is 0. The zero-order chi connectivity index (χ0) is 11.9. The van der Waals surface area contributed by atoms with Crippen LogP contribution in [-0.4, -0.2) is 37.5 Å². The zero-order valence-corrected chi connectivity index (χ0v) is 12.4. The van der Waals surface area contributed by atoms with E-state index >= 15 is 0 Å². The second-order valence-corrected chi connectivity index (χ2v) is 7.00. The molecule has 0 bridgehead atoms. The van der Waals surface area contributed by atoms with Crippen LogP contribution in [0.15, 0.2) is 9.47 Å². The normalized spacial score (nSPS) is 40.8. The molecule has 0 unspecified atom stereocenters. The van der Waals surface area contributed by atoms with Crippen molar-refractivity contribution in [2.24, 2.45) is 0 Å². The van der Waals surface area contributed by atoms with E-state index in [0.29, 0.717) is 0 Å². The van der Waals surface area contributed by atoms with E-state index in [2.05, 4.69) is 31.9 Å². The maximum absolute atomic E-state index is 5.76. The highest BCUT2D eigenvalue weighted by molar-refractivity contribution is 9.28. The molecule has 6 heteroatoms. The predicted octanol–water partition coefficient (Wildman–Crippen LogP) is 2.51. The van der Waals surface area contributed by atoms with Crippen LogP contribution in [0.5, 0.6) is 0 Å². The van der Waals surface area contributed by atoms with Crippen LogP contribution in [0.25, 0.3) is 0 Å². The van der Waals surface area contributed by atoms with Crippen LogP contribution in [0.3, 0.4) is 0 Å². The Hall–Kier alpha value is 0.540. The second-order valence-electron chi connectivity index (χ2n) is 4.23. The molecule has 2 rings (SSSR count). The molecule has 4 nitrogen and oxygen atoms in total. The lowest BCUT2D eigenvalue weighted by Crippen LogP contribution is -2.35. The van der Waals surface area contributed by atoms with E-state index < -0.39 is 5.79 Å². The Kier molecular flexibility index (Phi) is 3.78. The van der Waals surface area contributed by atoms with Gasteiger partial charge in [-0.2, -0.15) is 0 Å². The maximum Gasteiger partial charge on any atom is 0.190 e. The second kappa shape index (κ2) is 4.66. The quantitative estimate of drug-likeness (QED) is 0.760. The summed E-state index contributed by atoms with van der Waals surface area (Å²) in [6.07, 6.45) is 1.01. The van der Waals surface area contributed by atoms with Gasteiger partial charge in [0.1, 0.15) is 18.3 Å². The maximum atomic E-state index is 5.76. The van der Waals surface area contributed by atoms with Crippen molar-refractivity contribution in [1.82, 2.24) is 0 Å². The Balaban J connectivity index is 2.13. The van der Waals surface area contributed by atoms with Crippen molar-refractivity contribution in [2.75, 3.05) is 7.11 Å². The molecule has 16 heavy (non-hydrogen) atoms. The van der Waals surface area contributed by atoms with E-state index in [1.54, 1.807) is 7.11 Å². The first kappa shape index (κ1) is 13.0. The van der Waals surface area contributed by atoms with Gasteiger partial charge < -0.3 is 18.9 Å². The number of halogens is 2. The Bertz CT molecular complexity index is 301. The molecule has 92 valence electrons. The van der Waals surface area contributed by atoms with Crippen molar-refractivity contribution in [2.45, 2.75) is 44.2 Å². The monoisotopic (exact) mass is 356 g/mol. The Morgan fingerprint density at radius 2 is 2.00 bits per heavy atom. The SMILES string of the molecule is CO[C@H]1[C@H]2OC(C)(C)O[C@H]2O[C@@H]1C=C(Br)Br. The van der Waals surface area contributed by atoms with Gasteiger partial charge in [-0.05, 0) is 51.8 Å². The van der Waals surface area contributed by atoms with Crippen LogP contribution < -0.4 is 0 Å². The zero-order valence-electron chi connectivity index (χ0n) is 9.28. The van der Waals surface area contributed by atoms with Gasteiger partial charge >= 0.3 is 0 Å². The van der Waals surface area contributed by atoms with Gasteiger partial charge in [-0.3, -0.25) is 0 Å². The van der Waals surface area contributed by atoms with Crippen LogP contribution >= 0.6 is 31.9 Å². The molecule has 0 saturated carbocycles. The third kappa shape index (κ3) is 2.52. The summed E-state index contributed by atoms with van der Waals surface area (Å²) in [5.74, 6) is -0.605. The molecule has 0 aliphatic carbocycles. The molecular weight excluding hydrogens is 344 g/mol. The molecule has 2 saturated heterocycles. The van der Waals surface area contributed by atoms with E-state index in [-0.39, 0.29) is 24.6 Å². The summed E-state index contributed by atoms with van der Waals surface area (Å²) in [6, 6.07) is 0. The lowest BCUT2D eigenvalue weighted by atomic mass is 10.1. The lowest BCUT2D eigenvalue weighted by Gasteiger charge is -2.23. The molecule has 4 atom stereocenters. The van der Waals surface area contributed by atoms with Crippen LogP contribution in [0.2, 0.25) is 0 Å². The topological polar surface area (TPSA) is 36.9 Å². The minimum atomic E-state index is -0.605. The summed E-state index contributed by atoms with van der Waals surface area (Å²) in [7, 11) is 1.65. The molecule has 0 aromatic carbocycles. The van der Waals surface area contributed by atoms with Crippen molar-refractivity contribution >= 4 is 31.9 Å². The third-order valence-corrected chi connectivity index (χ3v) is 3.12. The Morgan fingerprint density at radius 3 is 2.56 bits per heavy atom. The first-order valence-electron chi connectivity index (χ1n) is 4.99. The molecule has 0 aromatic rings. The first-order chi connectivity index (χ1) is 7.43. The molecule has 0 N–H and O–H groups in total. The van der Waals surface area contributed by atoms with E-state index in [9.17, 15) is 0 Å². The minimum Gasteiger partial charge on any atom is -0.375 e. The molecule has 0 radical (unpaired) electrons. The van der Waals surface area contributed by atoms with Crippen molar-refractivity contribution in [3.05, 3.63) is 9.47 Å². The van der Waals surface area contributed by atoms with Crippen LogP contribution in [0.4, 0.5) is 0 Å². The fourth-order valence-corrected chi connectivity index (χ4v) is 2.55. The van der Waals surface area contributed by atoms with E-state index in [1.807, 2.05) is 19.9 Å². The number of rotatable bonds is 2. The molecule has 2 aliphatic heterocycles. The molecule has 0 aromatic heterocycles. The van der Waals surface area contributed by atoms with Gasteiger partial charge in [0.25, 0.3) is 0 Å². The minimum absolute atomic E-state index is 0.156.